The lowest BCUT2D eigenvalue weighted by Gasteiger charge is -2.36. The Hall–Kier alpha value is -0.890. The smallest absolute Gasteiger partial charge is 0.0697 e. The molecule has 1 aromatic heterocycles. The van der Waals surface area contributed by atoms with E-state index < -0.39 is 5.60 Å². The molecule has 0 amide bonds. The van der Waals surface area contributed by atoms with Gasteiger partial charge in [-0.3, -0.25) is 4.98 Å². The number of aromatic nitrogens is 1. The molecule has 2 nitrogen and oxygen atoms in total. The Labute approximate surface area is 86.0 Å². The fourth-order valence-corrected chi connectivity index (χ4v) is 1.20. The van der Waals surface area contributed by atoms with Crippen LogP contribution in [0.5, 0.6) is 0 Å². The van der Waals surface area contributed by atoms with Crippen molar-refractivity contribution in [2.75, 3.05) is 0 Å². The minimum absolute atomic E-state index is 0.334. The zero-order valence-corrected chi connectivity index (χ0v) is 9.63. The number of pyridine rings is 1. The molecule has 1 aromatic rings. The number of nitrogens with zero attached hydrogens (tertiary/aromatic N) is 1. The standard InChI is InChI=1S/C12H19NO/c1-9-7-6-8-10(13-9)11(2,3)12(4,5)14/h6-8,14H,1-5H3. The molecule has 0 spiro atoms. The van der Waals surface area contributed by atoms with Crippen molar-refractivity contribution in [2.24, 2.45) is 0 Å². The zero-order chi connectivity index (χ0) is 11.0. The van der Waals surface area contributed by atoms with Crippen LogP contribution in [0.25, 0.3) is 0 Å². The lowest BCUT2D eigenvalue weighted by Crippen LogP contribution is -2.43. The van der Waals surface area contributed by atoms with E-state index in [1.807, 2.05) is 52.8 Å². The molecule has 0 atom stereocenters. The summed E-state index contributed by atoms with van der Waals surface area (Å²) in [6.45, 7) is 9.61. The van der Waals surface area contributed by atoms with Gasteiger partial charge in [0.15, 0.2) is 0 Å². The number of hydrogen-bond acceptors (Lipinski definition) is 2. The average Bonchev–Trinajstić information content (AvgIpc) is 2.02. The third kappa shape index (κ3) is 1.95. The third-order valence-corrected chi connectivity index (χ3v) is 3.06. The molecule has 0 fully saturated rings. The second-order valence-corrected chi connectivity index (χ2v) is 4.85. The Balaban J connectivity index is 3.16. The Morgan fingerprint density at radius 1 is 1.14 bits per heavy atom. The van der Waals surface area contributed by atoms with Crippen molar-refractivity contribution in [3.8, 4) is 0 Å². The molecule has 1 heterocycles. The van der Waals surface area contributed by atoms with Crippen molar-refractivity contribution in [3.63, 3.8) is 0 Å². The number of aliphatic hydroxyl groups is 1. The van der Waals surface area contributed by atoms with E-state index in [4.69, 9.17) is 0 Å². The summed E-state index contributed by atoms with van der Waals surface area (Å²) in [5.74, 6) is 0. The van der Waals surface area contributed by atoms with Crippen molar-refractivity contribution in [1.29, 1.82) is 0 Å². The van der Waals surface area contributed by atoms with Gasteiger partial charge in [0.05, 0.1) is 5.60 Å². The molecule has 2 heteroatoms. The Bertz CT molecular complexity index is 323. The summed E-state index contributed by atoms with van der Waals surface area (Å²) in [4.78, 5) is 4.45. The summed E-state index contributed by atoms with van der Waals surface area (Å²) in [7, 11) is 0. The second kappa shape index (κ2) is 3.35. The molecule has 14 heavy (non-hydrogen) atoms. The predicted molar refractivity (Wildman–Crippen MR) is 58.3 cm³/mol. The molecule has 1 N–H and O–H groups in total. The Kier molecular flexibility index (Phi) is 2.68. The van der Waals surface area contributed by atoms with Gasteiger partial charge in [0.1, 0.15) is 0 Å². The highest BCUT2D eigenvalue weighted by molar-refractivity contribution is 5.21. The maximum atomic E-state index is 10.0. The number of hydrogen-bond donors (Lipinski definition) is 1. The van der Waals surface area contributed by atoms with Gasteiger partial charge in [-0.25, -0.2) is 0 Å². The van der Waals surface area contributed by atoms with Crippen LogP contribution in [0.4, 0.5) is 0 Å². The zero-order valence-electron chi connectivity index (χ0n) is 9.63. The summed E-state index contributed by atoms with van der Waals surface area (Å²) in [6, 6.07) is 5.90. The Morgan fingerprint density at radius 2 is 1.71 bits per heavy atom. The molecule has 0 aromatic carbocycles. The van der Waals surface area contributed by atoms with Gasteiger partial charge in [0.25, 0.3) is 0 Å². The van der Waals surface area contributed by atoms with Gasteiger partial charge in [0, 0.05) is 16.8 Å². The SMILES string of the molecule is Cc1cccc(C(C)(C)C(C)(C)O)n1. The van der Waals surface area contributed by atoms with E-state index in [9.17, 15) is 5.11 Å². The third-order valence-electron chi connectivity index (χ3n) is 3.06. The highest BCUT2D eigenvalue weighted by atomic mass is 16.3. The molecule has 0 aliphatic heterocycles. The van der Waals surface area contributed by atoms with Crippen LogP contribution in [0.3, 0.4) is 0 Å². The summed E-state index contributed by atoms with van der Waals surface area (Å²) in [5.41, 5.74) is 0.817. The van der Waals surface area contributed by atoms with Crippen molar-refractivity contribution in [1.82, 2.24) is 4.98 Å². The monoisotopic (exact) mass is 193 g/mol. The van der Waals surface area contributed by atoms with Crippen molar-refractivity contribution in [3.05, 3.63) is 29.6 Å². The van der Waals surface area contributed by atoms with Crippen LogP contribution in [0.15, 0.2) is 18.2 Å². The minimum atomic E-state index is -0.770. The van der Waals surface area contributed by atoms with E-state index >= 15 is 0 Å². The van der Waals surface area contributed by atoms with Gasteiger partial charge in [-0.15, -0.1) is 0 Å². The van der Waals surface area contributed by atoms with E-state index in [1.54, 1.807) is 0 Å². The van der Waals surface area contributed by atoms with E-state index in [1.165, 1.54) is 0 Å². The minimum Gasteiger partial charge on any atom is -0.390 e. The van der Waals surface area contributed by atoms with Gasteiger partial charge in [-0.2, -0.15) is 0 Å². The molecule has 1 rings (SSSR count). The molecule has 0 radical (unpaired) electrons. The summed E-state index contributed by atoms with van der Waals surface area (Å²) in [5, 5.41) is 10.0. The molecule has 0 saturated heterocycles. The summed E-state index contributed by atoms with van der Waals surface area (Å²) < 4.78 is 0. The molecule has 0 unspecified atom stereocenters. The van der Waals surface area contributed by atoms with Crippen LogP contribution in [-0.2, 0) is 5.41 Å². The van der Waals surface area contributed by atoms with Crippen LogP contribution >= 0.6 is 0 Å². The van der Waals surface area contributed by atoms with Crippen LogP contribution in [0.2, 0.25) is 0 Å². The average molecular weight is 193 g/mol. The van der Waals surface area contributed by atoms with Crippen LogP contribution in [-0.4, -0.2) is 15.7 Å². The molecule has 78 valence electrons. The highest BCUT2D eigenvalue weighted by Crippen LogP contribution is 2.33. The van der Waals surface area contributed by atoms with Gasteiger partial charge in [-0.05, 0) is 32.9 Å². The molecule has 0 aliphatic carbocycles. The van der Waals surface area contributed by atoms with Crippen molar-refractivity contribution < 1.29 is 5.11 Å². The van der Waals surface area contributed by atoms with Crippen LogP contribution in [0, 0.1) is 6.92 Å². The summed E-state index contributed by atoms with van der Waals surface area (Å²) >= 11 is 0. The largest absolute Gasteiger partial charge is 0.390 e. The highest BCUT2D eigenvalue weighted by Gasteiger charge is 2.37. The van der Waals surface area contributed by atoms with Gasteiger partial charge in [-0.1, -0.05) is 19.9 Å². The first kappa shape index (κ1) is 11.2. The van der Waals surface area contributed by atoms with Gasteiger partial charge < -0.3 is 5.11 Å². The molecular formula is C12H19NO. The molecular weight excluding hydrogens is 174 g/mol. The molecule has 0 aliphatic rings. The van der Waals surface area contributed by atoms with E-state index in [0.717, 1.165) is 11.4 Å². The van der Waals surface area contributed by atoms with Crippen molar-refractivity contribution >= 4 is 0 Å². The topological polar surface area (TPSA) is 33.1 Å². The van der Waals surface area contributed by atoms with E-state index in [-0.39, 0.29) is 5.41 Å². The predicted octanol–water partition coefficient (Wildman–Crippen LogP) is 2.44. The normalized spacial score (nSPS) is 13.0. The maximum Gasteiger partial charge on any atom is 0.0697 e. The first-order chi connectivity index (χ1) is 6.25. The Morgan fingerprint density at radius 3 is 2.14 bits per heavy atom. The maximum absolute atomic E-state index is 10.0. The fourth-order valence-electron chi connectivity index (χ4n) is 1.20. The lowest BCUT2D eigenvalue weighted by atomic mass is 9.74. The quantitative estimate of drug-likeness (QED) is 0.782. The van der Waals surface area contributed by atoms with Gasteiger partial charge >= 0.3 is 0 Å². The second-order valence-electron chi connectivity index (χ2n) is 4.85. The molecule has 0 bridgehead atoms. The molecule has 0 saturated carbocycles. The first-order valence-corrected chi connectivity index (χ1v) is 4.91. The first-order valence-electron chi connectivity index (χ1n) is 4.91. The number of rotatable bonds is 2. The van der Waals surface area contributed by atoms with Crippen LogP contribution in [0.1, 0.15) is 39.1 Å². The lowest BCUT2D eigenvalue weighted by molar-refractivity contribution is 0.00772. The van der Waals surface area contributed by atoms with Crippen molar-refractivity contribution in [2.45, 2.75) is 45.6 Å². The van der Waals surface area contributed by atoms with Crippen LogP contribution < -0.4 is 0 Å². The van der Waals surface area contributed by atoms with E-state index in [2.05, 4.69) is 4.98 Å². The van der Waals surface area contributed by atoms with Gasteiger partial charge in [0.2, 0.25) is 0 Å². The fraction of sp³-hybridized carbons (Fsp3) is 0.583. The number of aryl methyl sites for hydroxylation is 1. The summed E-state index contributed by atoms with van der Waals surface area (Å²) in [6.07, 6.45) is 0. The van der Waals surface area contributed by atoms with E-state index in [0.29, 0.717) is 0 Å².